The van der Waals surface area contributed by atoms with Gasteiger partial charge in [-0.25, -0.2) is 4.98 Å². The molecule has 1 atom stereocenters. The fourth-order valence-electron chi connectivity index (χ4n) is 3.23. The number of rotatable bonds is 5. The van der Waals surface area contributed by atoms with E-state index in [1.54, 1.807) is 20.2 Å². The first-order valence-corrected chi connectivity index (χ1v) is 8.68. The number of carbonyl (C=O) groups excluding carboxylic acids is 1. The maximum absolute atomic E-state index is 11.4. The van der Waals surface area contributed by atoms with E-state index in [0.29, 0.717) is 11.6 Å². The molecule has 1 fully saturated rings. The van der Waals surface area contributed by atoms with E-state index in [9.17, 15) is 4.79 Å². The summed E-state index contributed by atoms with van der Waals surface area (Å²) in [6, 6.07) is 12.4. The predicted octanol–water partition coefficient (Wildman–Crippen LogP) is 3.18. The zero-order chi connectivity index (χ0) is 17.8. The Balaban J connectivity index is 1.62. The van der Waals surface area contributed by atoms with Gasteiger partial charge in [0.15, 0.2) is 5.78 Å². The molecule has 0 N–H and O–H groups in total. The van der Waals surface area contributed by atoms with Crippen molar-refractivity contribution in [2.24, 2.45) is 0 Å². The third-order valence-corrected chi connectivity index (χ3v) is 4.92. The molecule has 0 saturated carbocycles. The number of ether oxygens (including phenoxy) is 1. The number of hydrogen-bond acceptors (Lipinski definition) is 5. The van der Waals surface area contributed by atoms with Crippen LogP contribution < -0.4 is 9.64 Å². The van der Waals surface area contributed by atoms with E-state index in [4.69, 9.17) is 4.74 Å². The summed E-state index contributed by atoms with van der Waals surface area (Å²) in [5.74, 6) is 1.90. The lowest BCUT2D eigenvalue weighted by Crippen LogP contribution is -2.47. The van der Waals surface area contributed by atoms with E-state index in [1.807, 2.05) is 24.3 Å². The van der Waals surface area contributed by atoms with Crippen LogP contribution in [0.1, 0.15) is 35.8 Å². The highest BCUT2D eigenvalue weighted by Gasteiger charge is 2.23. The third kappa shape index (κ3) is 3.99. The smallest absolute Gasteiger partial charge is 0.161 e. The Morgan fingerprint density at radius 3 is 2.52 bits per heavy atom. The molecule has 1 aromatic carbocycles. The maximum Gasteiger partial charge on any atom is 0.161 e. The molecule has 5 nitrogen and oxygen atoms in total. The van der Waals surface area contributed by atoms with Gasteiger partial charge in [-0.3, -0.25) is 9.69 Å². The standard InChI is InChI=1S/C20H25N3O2/c1-15(17-5-4-6-19(13-17)25-3)22-9-11-23(12-10-22)20-8-7-18(14-21-20)16(2)24/h4-8,13-15H,9-12H2,1-3H3/t15-/m0/s1. The second-order valence-electron chi connectivity index (χ2n) is 6.44. The first-order valence-electron chi connectivity index (χ1n) is 8.68. The number of piperazine rings is 1. The Morgan fingerprint density at radius 1 is 1.16 bits per heavy atom. The van der Waals surface area contributed by atoms with Crippen molar-refractivity contribution >= 4 is 11.6 Å². The zero-order valence-electron chi connectivity index (χ0n) is 15.1. The number of nitrogens with zero attached hydrogens (tertiary/aromatic N) is 3. The number of methoxy groups -OCH3 is 1. The molecule has 5 heteroatoms. The highest BCUT2D eigenvalue weighted by atomic mass is 16.5. The summed E-state index contributed by atoms with van der Waals surface area (Å²) in [7, 11) is 1.70. The first-order chi connectivity index (χ1) is 12.1. The van der Waals surface area contributed by atoms with Crippen molar-refractivity contribution in [1.29, 1.82) is 0 Å². The molecule has 2 aromatic rings. The molecule has 0 spiro atoms. The van der Waals surface area contributed by atoms with Gasteiger partial charge in [-0.05, 0) is 43.7 Å². The normalized spacial score (nSPS) is 16.5. The Morgan fingerprint density at radius 2 is 1.92 bits per heavy atom. The Hall–Kier alpha value is -2.40. The van der Waals surface area contributed by atoms with Crippen molar-refractivity contribution in [2.75, 3.05) is 38.2 Å². The number of aromatic nitrogens is 1. The lowest BCUT2D eigenvalue weighted by atomic mass is 10.1. The Bertz CT molecular complexity index is 722. The van der Waals surface area contributed by atoms with Gasteiger partial charge in [0.25, 0.3) is 0 Å². The molecule has 1 aromatic heterocycles. The molecule has 3 rings (SSSR count). The molecular weight excluding hydrogens is 314 g/mol. The van der Waals surface area contributed by atoms with Gasteiger partial charge in [0, 0.05) is 44.0 Å². The van der Waals surface area contributed by atoms with E-state index in [-0.39, 0.29) is 5.78 Å². The molecule has 0 bridgehead atoms. The van der Waals surface area contributed by atoms with Crippen LogP contribution in [-0.2, 0) is 0 Å². The third-order valence-electron chi connectivity index (χ3n) is 4.92. The molecule has 1 saturated heterocycles. The number of pyridine rings is 1. The van der Waals surface area contributed by atoms with Gasteiger partial charge in [0.1, 0.15) is 11.6 Å². The van der Waals surface area contributed by atoms with Crippen LogP contribution in [-0.4, -0.2) is 49.0 Å². The van der Waals surface area contributed by atoms with Crippen LogP contribution in [0.4, 0.5) is 5.82 Å². The van der Waals surface area contributed by atoms with Crippen LogP contribution in [0.3, 0.4) is 0 Å². The van der Waals surface area contributed by atoms with Gasteiger partial charge >= 0.3 is 0 Å². The minimum atomic E-state index is 0.0518. The second kappa shape index (κ2) is 7.66. The highest BCUT2D eigenvalue weighted by Crippen LogP contribution is 2.25. The van der Waals surface area contributed by atoms with Crippen LogP contribution in [0.25, 0.3) is 0 Å². The summed E-state index contributed by atoms with van der Waals surface area (Å²) in [6.07, 6.45) is 1.67. The van der Waals surface area contributed by atoms with E-state index in [0.717, 1.165) is 37.7 Å². The monoisotopic (exact) mass is 339 g/mol. The summed E-state index contributed by atoms with van der Waals surface area (Å²) < 4.78 is 5.33. The largest absolute Gasteiger partial charge is 0.497 e. The van der Waals surface area contributed by atoms with E-state index in [1.165, 1.54) is 5.56 Å². The summed E-state index contributed by atoms with van der Waals surface area (Å²) in [5.41, 5.74) is 1.94. The topological polar surface area (TPSA) is 45.7 Å². The van der Waals surface area contributed by atoms with Gasteiger partial charge in [0.05, 0.1) is 7.11 Å². The summed E-state index contributed by atoms with van der Waals surface area (Å²) in [6.45, 7) is 7.63. The highest BCUT2D eigenvalue weighted by molar-refractivity contribution is 5.93. The van der Waals surface area contributed by atoms with Gasteiger partial charge in [-0.1, -0.05) is 12.1 Å². The van der Waals surface area contributed by atoms with Gasteiger partial charge < -0.3 is 9.64 Å². The van der Waals surface area contributed by atoms with E-state index < -0.39 is 0 Å². The second-order valence-corrected chi connectivity index (χ2v) is 6.44. The number of hydrogen-bond donors (Lipinski definition) is 0. The number of benzene rings is 1. The fraction of sp³-hybridized carbons (Fsp3) is 0.400. The van der Waals surface area contributed by atoms with Crippen molar-refractivity contribution in [3.63, 3.8) is 0 Å². The Labute approximate surface area is 149 Å². The molecule has 0 amide bonds. The molecule has 2 heterocycles. The number of anilines is 1. The van der Waals surface area contributed by atoms with Gasteiger partial charge in [0.2, 0.25) is 0 Å². The molecule has 1 aliphatic rings. The summed E-state index contributed by atoms with van der Waals surface area (Å²) >= 11 is 0. The SMILES string of the molecule is COc1cccc([C@H](C)N2CCN(c3ccc(C(C)=O)cn3)CC2)c1. The van der Waals surface area contributed by atoms with Crippen molar-refractivity contribution in [3.05, 3.63) is 53.7 Å². The molecule has 132 valence electrons. The molecule has 1 aliphatic heterocycles. The molecule has 25 heavy (non-hydrogen) atoms. The van der Waals surface area contributed by atoms with Crippen molar-refractivity contribution in [2.45, 2.75) is 19.9 Å². The molecule has 0 unspecified atom stereocenters. The van der Waals surface area contributed by atoms with Crippen LogP contribution in [0, 0.1) is 0 Å². The number of ketones is 1. The molecule has 0 radical (unpaired) electrons. The summed E-state index contributed by atoms with van der Waals surface area (Å²) in [5, 5.41) is 0. The maximum atomic E-state index is 11.4. The minimum Gasteiger partial charge on any atom is -0.497 e. The van der Waals surface area contributed by atoms with Crippen LogP contribution in [0.2, 0.25) is 0 Å². The summed E-state index contributed by atoms with van der Waals surface area (Å²) in [4.78, 5) is 20.6. The molecular formula is C20H25N3O2. The van der Waals surface area contributed by atoms with Crippen molar-refractivity contribution in [1.82, 2.24) is 9.88 Å². The predicted molar refractivity (Wildman–Crippen MR) is 99.4 cm³/mol. The first kappa shape index (κ1) is 17.4. The van der Waals surface area contributed by atoms with Crippen LogP contribution in [0.5, 0.6) is 5.75 Å². The number of Topliss-reactive ketones (excluding diaryl/α,β-unsaturated/α-hetero) is 1. The quantitative estimate of drug-likeness (QED) is 0.783. The minimum absolute atomic E-state index is 0.0518. The van der Waals surface area contributed by atoms with E-state index in [2.05, 4.69) is 33.8 Å². The number of carbonyl (C=O) groups is 1. The lowest BCUT2D eigenvalue weighted by Gasteiger charge is -2.38. The Kier molecular flexibility index (Phi) is 5.34. The van der Waals surface area contributed by atoms with Gasteiger partial charge in [-0.15, -0.1) is 0 Å². The van der Waals surface area contributed by atoms with Crippen molar-refractivity contribution < 1.29 is 9.53 Å². The van der Waals surface area contributed by atoms with Crippen LogP contribution in [0.15, 0.2) is 42.6 Å². The van der Waals surface area contributed by atoms with Crippen LogP contribution >= 0.6 is 0 Å². The van der Waals surface area contributed by atoms with Gasteiger partial charge in [-0.2, -0.15) is 0 Å². The average molecular weight is 339 g/mol. The lowest BCUT2D eigenvalue weighted by molar-refractivity contribution is 0.101. The zero-order valence-corrected chi connectivity index (χ0v) is 15.1. The van der Waals surface area contributed by atoms with E-state index >= 15 is 0 Å². The average Bonchev–Trinajstić information content (AvgIpc) is 2.67. The molecule has 0 aliphatic carbocycles. The van der Waals surface area contributed by atoms with Crippen molar-refractivity contribution in [3.8, 4) is 5.75 Å². The fourth-order valence-corrected chi connectivity index (χ4v) is 3.23.